The van der Waals surface area contributed by atoms with E-state index in [1.165, 1.54) is 16.9 Å². The molecule has 1 atom stereocenters. The molecule has 1 heterocycles. The van der Waals surface area contributed by atoms with Crippen molar-refractivity contribution in [1.82, 2.24) is 0 Å². The van der Waals surface area contributed by atoms with E-state index in [-0.39, 0.29) is 0 Å². The summed E-state index contributed by atoms with van der Waals surface area (Å²) in [5, 5.41) is 2.12. The monoisotopic (exact) mass is 338 g/mol. The minimum Gasteiger partial charge on any atom is -0.494 e. The summed E-state index contributed by atoms with van der Waals surface area (Å²) in [4.78, 5) is 1.78. The van der Waals surface area contributed by atoms with Crippen molar-refractivity contribution >= 4 is 27.3 Å². The molecule has 0 saturated carbocycles. The summed E-state index contributed by atoms with van der Waals surface area (Å²) >= 11 is 5.57. The molecule has 1 nitrogen and oxygen atoms in total. The van der Waals surface area contributed by atoms with Crippen LogP contribution in [0.15, 0.2) is 41.8 Å². The maximum absolute atomic E-state index is 5.67. The van der Waals surface area contributed by atoms with Gasteiger partial charge in [-0.15, -0.1) is 11.3 Å². The third-order valence-corrected chi connectivity index (χ3v) is 4.72. The van der Waals surface area contributed by atoms with Gasteiger partial charge < -0.3 is 4.74 Å². The molecule has 3 heteroatoms. The zero-order valence-corrected chi connectivity index (χ0v) is 13.5. The molecule has 1 unspecified atom stereocenters. The number of hydrogen-bond acceptors (Lipinski definition) is 2. The van der Waals surface area contributed by atoms with Gasteiger partial charge in [-0.3, -0.25) is 0 Å². The van der Waals surface area contributed by atoms with Gasteiger partial charge in [0.25, 0.3) is 0 Å². The van der Waals surface area contributed by atoms with Crippen molar-refractivity contribution in [3.05, 3.63) is 52.2 Å². The average Bonchev–Trinajstić information content (AvgIpc) is 2.93. The summed E-state index contributed by atoms with van der Waals surface area (Å²) in [6.07, 6.45) is 3.32. The lowest BCUT2D eigenvalue weighted by Crippen LogP contribution is -1.97. The molecule has 19 heavy (non-hydrogen) atoms. The Kier molecular flexibility index (Phi) is 5.93. The number of alkyl halides is 1. The van der Waals surface area contributed by atoms with E-state index >= 15 is 0 Å². The van der Waals surface area contributed by atoms with Crippen LogP contribution in [0, 0.1) is 0 Å². The molecule has 0 aliphatic rings. The number of thiophene rings is 1. The fraction of sp³-hybridized carbons (Fsp3) is 0.375. The summed E-state index contributed by atoms with van der Waals surface area (Å²) in [5.41, 5.74) is 1.30. The zero-order valence-electron chi connectivity index (χ0n) is 11.1. The van der Waals surface area contributed by atoms with Gasteiger partial charge >= 0.3 is 0 Å². The van der Waals surface area contributed by atoms with Crippen LogP contribution in [0.1, 0.15) is 35.0 Å². The maximum Gasteiger partial charge on any atom is 0.119 e. The number of benzene rings is 1. The molecule has 0 saturated heterocycles. The van der Waals surface area contributed by atoms with Gasteiger partial charge in [0, 0.05) is 9.70 Å². The molecule has 0 fully saturated rings. The van der Waals surface area contributed by atoms with E-state index in [4.69, 9.17) is 4.74 Å². The first-order valence-corrected chi connectivity index (χ1v) is 8.48. The molecule has 0 aliphatic heterocycles. The van der Waals surface area contributed by atoms with Gasteiger partial charge in [0.1, 0.15) is 5.75 Å². The van der Waals surface area contributed by atoms with Crippen molar-refractivity contribution in [2.75, 3.05) is 6.61 Å². The number of rotatable bonds is 7. The van der Waals surface area contributed by atoms with Gasteiger partial charge in [0.2, 0.25) is 0 Å². The van der Waals surface area contributed by atoms with E-state index in [0.717, 1.165) is 25.2 Å². The minimum atomic E-state index is 0.371. The Morgan fingerprint density at radius 3 is 2.63 bits per heavy atom. The van der Waals surface area contributed by atoms with Crippen LogP contribution in [-0.4, -0.2) is 6.61 Å². The first-order chi connectivity index (χ1) is 9.29. The fourth-order valence-corrected chi connectivity index (χ4v) is 3.45. The summed E-state index contributed by atoms with van der Waals surface area (Å²) in [6, 6.07) is 12.7. The number of unbranched alkanes of at least 4 members (excludes halogenated alkanes) is 1. The molecule has 0 aliphatic carbocycles. The quantitative estimate of drug-likeness (QED) is 0.471. The summed E-state index contributed by atoms with van der Waals surface area (Å²) in [5.74, 6) is 0.966. The van der Waals surface area contributed by atoms with Crippen LogP contribution in [0.2, 0.25) is 0 Å². The van der Waals surface area contributed by atoms with Crippen molar-refractivity contribution in [2.45, 2.75) is 31.0 Å². The standard InChI is InChI=1S/C16H19BrOS/c1-2-3-10-18-14-8-6-13(7-9-14)16(17)12-15-5-4-11-19-15/h4-9,11,16H,2-3,10,12H2,1H3. The Labute approximate surface area is 127 Å². The van der Waals surface area contributed by atoms with Crippen LogP contribution in [0.4, 0.5) is 0 Å². The van der Waals surface area contributed by atoms with Gasteiger partial charge in [-0.1, -0.05) is 47.5 Å². The second-order valence-electron chi connectivity index (χ2n) is 4.52. The Hall–Kier alpha value is -0.800. The van der Waals surface area contributed by atoms with E-state index in [1.54, 1.807) is 0 Å². The van der Waals surface area contributed by atoms with E-state index in [1.807, 2.05) is 11.3 Å². The SMILES string of the molecule is CCCCOc1ccc(C(Br)Cc2cccs2)cc1. The van der Waals surface area contributed by atoms with Crippen LogP contribution >= 0.6 is 27.3 Å². The van der Waals surface area contributed by atoms with Crippen molar-refractivity contribution < 1.29 is 4.74 Å². The predicted molar refractivity (Wildman–Crippen MR) is 86.5 cm³/mol. The highest BCUT2D eigenvalue weighted by Crippen LogP contribution is 2.29. The van der Waals surface area contributed by atoms with Gasteiger partial charge in [-0.25, -0.2) is 0 Å². The number of halogens is 1. The van der Waals surface area contributed by atoms with E-state index < -0.39 is 0 Å². The van der Waals surface area contributed by atoms with E-state index in [9.17, 15) is 0 Å². The summed E-state index contributed by atoms with van der Waals surface area (Å²) in [6.45, 7) is 2.98. The number of ether oxygens (including phenoxy) is 1. The van der Waals surface area contributed by atoms with Crippen molar-refractivity contribution in [3.8, 4) is 5.75 Å². The molecule has 0 spiro atoms. The highest BCUT2D eigenvalue weighted by molar-refractivity contribution is 9.09. The molecule has 0 N–H and O–H groups in total. The maximum atomic E-state index is 5.67. The molecular weight excluding hydrogens is 320 g/mol. The van der Waals surface area contributed by atoms with E-state index in [0.29, 0.717) is 4.83 Å². The van der Waals surface area contributed by atoms with Crippen LogP contribution in [0.3, 0.4) is 0 Å². The molecule has 0 amide bonds. The molecular formula is C16H19BrOS. The minimum absolute atomic E-state index is 0.371. The second-order valence-corrected chi connectivity index (χ2v) is 6.66. The largest absolute Gasteiger partial charge is 0.494 e. The molecule has 0 radical (unpaired) electrons. The van der Waals surface area contributed by atoms with Crippen LogP contribution in [0.25, 0.3) is 0 Å². The summed E-state index contributed by atoms with van der Waals surface area (Å²) in [7, 11) is 0. The van der Waals surface area contributed by atoms with Crippen LogP contribution in [-0.2, 0) is 6.42 Å². The lowest BCUT2D eigenvalue weighted by atomic mass is 10.1. The van der Waals surface area contributed by atoms with Crippen molar-refractivity contribution in [1.29, 1.82) is 0 Å². The molecule has 1 aromatic heterocycles. The Morgan fingerprint density at radius 2 is 2.00 bits per heavy atom. The number of hydrogen-bond donors (Lipinski definition) is 0. The van der Waals surface area contributed by atoms with Crippen molar-refractivity contribution in [2.24, 2.45) is 0 Å². The normalized spacial score (nSPS) is 12.3. The highest BCUT2D eigenvalue weighted by atomic mass is 79.9. The Balaban J connectivity index is 1.90. The van der Waals surface area contributed by atoms with Gasteiger partial charge in [0.15, 0.2) is 0 Å². The summed E-state index contributed by atoms with van der Waals surface area (Å²) < 4.78 is 5.67. The lowest BCUT2D eigenvalue weighted by Gasteiger charge is -2.10. The molecule has 2 aromatic rings. The van der Waals surface area contributed by atoms with Crippen molar-refractivity contribution in [3.63, 3.8) is 0 Å². The Morgan fingerprint density at radius 1 is 1.21 bits per heavy atom. The molecule has 102 valence electrons. The zero-order chi connectivity index (χ0) is 13.5. The second kappa shape index (κ2) is 7.71. The van der Waals surface area contributed by atoms with Gasteiger partial charge in [-0.05, 0) is 42.0 Å². The Bertz CT molecular complexity index is 464. The van der Waals surface area contributed by atoms with Gasteiger partial charge in [-0.2, -0.15) is 0 Å². The molecule has 1 aromatic carbocycles. The third kappa shape index (κ3) is 4.66. The fourth-order valence-electron chi connectivity index (χ4n) is 1.83. The van der Waals surface area contributed by atoms with Crippen LogP contribution < -0.4 is 4.74 Å². The van der Waals surface area contributed by atoms with Crippen LogP contribution in [0.5, 0.6) is 5.75 Å². The first-order valence-electron chi connectivity index (χ1n) is 6.69. The molecule has 0 bridgehead atoms. The van der Waals surface area contributed by atoms with Gasteiger partial charge in [0.05, 0.1) is 6.61 Å². The average molecular weight is 339 g/mol. The topological polar surface area (TPSA) is 9.23 Å². The third-order valence-electron chi connectivity index (χ3n) is 2.97. The smallest absolute Gasteiger partial charge is 0.119 e. The highest BCUT2D eigenvalue weighted by Gasteiger charge is 2.09. The predicted octanol–water partition coefficient (Wildman–Crippen LogP) is 5.61. The van der Waals surface area contributed by atoms with E-state index in [2.05, 4.69) is 64.6 Å². The molecule has 2 rings (SSSR count). The first kappa shape index (κ1) is 14.6. The lowest BCUT2D eigenvalue weighted by molar-refractivity contribution is 0.309.